The second-order valence-electron chi connectivity index (χ2n) is 5.68. The molecule has 2 rings (SSSR count). The van der Waals surface area contributed by atoms with Gasteiger partial charge >= 0.3 is 0 Å². The highest BCUT2D eigenvalue weighted by Gasteiger charge is 2.17. The summed E-state index contributed by atoms with van der Waals surface area (Å²) in [6.07, 6.45) is 6.11. The Kier molecular flexibility index (Phi) is 5.31. The molecule has 0 bridgehead atoms. The molecule has 0 amide bonds. The summed E-state index contributed by atoms with van der Waals surface area (Å²) in [5.41, 5.74) is 8.89. The smallest absolute Gasteiger partial charge is 0.184 e. The average Bonchev–Trinajstić information content (AvgIpc) is 2.92. The number of aryl methyl sites for hydroxylation is 1. The first-order chi connectivity index (χ1) is 10.1. The SMILES string of the molecule is CCCCCCC(C)n1nnnc1-c1c(C)cccc1N. The number of tetrazole rings is 1. The molecule has 1 atom stereocenters. The molecule has 5 heteroatoms. The maximum atomic E-state index is 6.11. The summed E-state index contributed by atoms with van der Waals surface area (Å²) < 4.78 is 1.91. The van der Waals surface area contributed by atoms with Crippen LogP contribution in [0, 0.1) is 6.92 Å². The van der Waals surface area contributed by atoms with Crippen LogP contribution in [0.5, 0.6) is 0 Å². The molecule has 1 aromatic carbocycles. The van der Waals surface area contributed by atoms with Gasteiger partial charge in [0.25, 0.3) is 0 Å². The highest BCUT2D eigenvalue weighted by Crippen LogP contribution is 2.29. The molecule has 1 heterocycles. The number of nitrogen functional groups attached to an aromatic ring is 1. The number of hydrogen-bond donors (Lipinski definition) is 1. The van der Waals surface area contributed by atoms with E-state index in [2.05, 4.69) is 29.4 Å². The average molecular weight is 287 g/mol. The van der Waals surface area contributed by atoms with E-state index in [4.69, 9.17) is 5.73 Å². The first-order valence-corrected chi connectivity index (χ1v) is 7.78. The fourth-order valence-corrected chi connectivity index (χ4v) is 2.64. The maximum absolute atomic E-state index is 6.11. The van der Waals surface area contributed by atoms with Crippen molar-refractivity contribution in [2.75, 3.05) is 5.73 Å². The van der Waals surface area contributed by atoms with Crippen LogP contribution in [0.3, 0.4) is 0 Å². The normalized spacial score (nSPS) is 12.5. The molecule has 0 fully saturated rings. The minimum atomic E-state index is 0.283. The fourth-order valence-electron chi connectivity index (χ4n) is 2.64. The molecule has 2 aromatic rings. The summed E-state index contributed by atoms with van der Waals surface area (Å²) in [6.45, 7) is 6.43. The van der Waals surface area contributed by atoms with Gasteiger partial charge in [-0.3, -0.25) is 0 Å². The number of unbranched alkanes of at least 4 members (excludes halogenated alkanes) is 3. The zero-order chi connectivity index (χ0) is 15.2. The van der Waals surface area contributed by atoms with Crippen LogP contribution >= 0.6 is 0 Å². The number of nitrogens with zero attached hydrogens (tertiary/aromatic N) is 4. The Balaban J connectivity index is 2.18. The molecule has 0 aliphatic carbocycles. The number of rotatable bonds is 7. The van der Waals surface area contributed by atoms with Crippen molar-refractivity contribution in [3.8, 4) is 11.4 Å². The van der Waals surface area contributed by atoms with Gasteiger partial charge in [-0.1, -0.05) is 44.7 Å². The molecule has 0 aliphatic heterocycles. The van der Waals surface area contributed by atoms with Crippen LogP contribution in [0.4, 0.5) is 5.69 Å². The van der Waals surface area contributed by atoms with E-state index in [0.29, 0.717) is 0 Å². The zero-order valence-electron chi connectivity index (χ0n) is 13.2. The van der Waals surface area contributed by atoms with Crippen LogP contribution in [0.25, 0.3) is 11.4 Å². The van der Waals surface area contributed by atoms with Gasteiger partial charge in [0.15, 0.2) is 5.82 Å². The summed E-state index contributed by atoms with van der Waals surface area (Å²) in [5.74, 6) is 0.772. The van der Waals surface area contributed by atoms with E-state index in [1.165, 1.54) is 25.7 Å². The van der Waals surface area contributed by atoms with Crippen LogP contribution in [-0.4, -0.2) is 20.2 Å². The summed E-state index contributed by atoms with van der Waals surface area (Å²) in [6, 6.07) is 6.17. The minimum Gasteiger partial charge on any atom is -0.398 e. The third kappa shape index (κ3) is 3.60. The highest BCUT2D eigenvalue weighted by molar-refractivity contribution is 5.74. The first-order valence-electron chi connectivity index (χ1n) is 7.78. The standard InChI is InChI=1S/C16H25N5/c1-4-5-6-7-10-13(3)21-16(18-19-20-21)15-12(2)9-8-11-14(15)17/h8-9,11,13H,4-7,10,17H2,1-3H3. The van der Waals surface area contributed by atoms with E-state index >= 15 is 0 Å². The lowest BCUT2D eigenvalue weighted by molar-refractivity contribution is 0.430. The Morgan fingerprint density at radius 1 is 1.24 bits per heavy atom. The number of anilines is 1. The molecule has 1 unspecified atom stereocenters. The van der Waals surface area contributed by atoms with Crippen molar-refractivity contribution in [1.29, 1.82) is 0 Å². The molecule has 0 spiro atoms. The lowest BCUT2D eigenvalue weighted by Crippen LogP contribution is -2.10. The Hall–Kier alpha value is -1.91. The monoisotopic (exact) mass is 287 g/mol. The second-order valence-corrected chi connectivity index (χ2v) is 5.68. The van der Waals surface area contributed by atoms with Gasteiger partial charge in [0.05, 0.1) is 6.04 Å². The van der Waals surface area contributed by atoms with Gasteiger partial charge in [0, 0.05) is 11.3 Å². The van der Waals surface area contributed by atoms with Crippen LogP contribution in [0.15, 0.2) is 18.2 Å². The number of aromatic nitrogens is 4. The molecular formula is C16H25N5. The summed E-state index contributed by atoms with van der Waals surface area (Å²) in [5, 5.41) is 12.2. The van der Waals surface area contributed by atoms with Crippen LogP contribution in [0.1, 0.15) is 57.6 Å². The molecule has 21 heavy (non-hydrogen) atoms. The fraction of sp³-hybridized carbons (Fsp3) is 0.562. The lowest BCUT2D eigenvalue weighted by atomic mass is 10.0. The van der Waals surface area contributed by atoms with Gasteiger partial charge in [-0.15, -0.1) is 5.10 Å². The largest absolute Gasteiger partial charge is 0.398 e. The molecule has 2 N–H and O–H groups in total. The molecule has 0 saturated heterocycles. The second kappa shape index (κ2) is 7.20. The Morgan fingerprint density at radius 2 is 2.05 bits per heavy atom. The molecule has 1 aromatic heterocycles. The van der Waals surface area contributed by atoms with Gasteiger partial charge in [-0.25, -0.2) is 4.68 Å². The van der Waals surface area contributed by atoms with Crippen molar-refractivity contribution in [3.63, 3.8) is 0 Å². The van der Waals surface area contributed by atoms with E-state index in [1.54, 1.807) is 0 Å². The van der Waals surface area contributed by atoms with Crippen molar-refractivity contribution < 1.29 is 0 Å². The molecule has 0 radical (unpaired) electrons. The van der Waals surface area contributed by atoms with E-state index in [1.807, 2.05) is 29.8 Å². The quantitative estimate of drug-likeness (QED) is 0.621. The van der Waals surface area contributed by atoms with E-state index in [9.17, 15) is 0 Å². The third-order valence-corrected chi connectivity index (χ3v) is 3.91. The van der Waals surface area contributed by atoms with Crippen LogP contribution in [-0.2, 0) is 0 Å². The summed E-state index contributed by atoms with van der Waals surface area (Å²) >= 11 is 0. The maximum Gasteiger partial charge on any atom is 0.184 e. The van der Waals surface area contributed by atoms with E-state index in [-0.39, 0.29) is 6.04 Å². The van der Waals surface area contributed by atoms with Crippen molar-refractivity contribution >= 4 is 5.69 Å². The van der Waals surface area contributed by atoms with Crippen molar-refractivity contribution in [3.05, 3.63) is 23.8 Å². The Labute approximate surface area is 126 Å². The molecular weight excluding hydrogens is 262 g/mol. The molecule has 5 nitrogen and oxygen atoms in total. The van der Waals surface area contributed by atoms with Gasteiger partial charge in [-0.05, 0) is 42.3 Å². The first kappa shape index (κ1) is 15.5. The van der Waals surface area contributed by atoms with Gasteiger partial charge < -0.3 is 5.73 Å². The summed E-state index contributed by atoms with van der Waals surface area (Å²) in [7, 11) is 0. The van der Waals surface area contributed by atoms with Crippen molar-refractivity contribution in [2.45, 2.75) is 58.9 Å². The van der Waals surface area contributed by atoms with Crippen molar-refractivity contribution in [2.24, 2.45) is 0 Å². The highest BCUT2D eigenvalue weighted by atomic mass is 15.5. The van der Waals surface area contributed by atoms with Crippen LogP contribution < -0.4 is 5.73 Å². The predicted molar refractivity (Wildman–Crippen MR) is 85.9 cm³/mol. The number of nitrogens with two attached hydrogens (primary N) is 1. The molecule has 0 saturated carbocycles. The van der Waals surface area contributed by atoms with Gasteiger partial charge in [0.1, 0.15) is 0 Å². The predicted octanol–water partition coefficient (Wildman–Crippen LogP) is 3.76. The van der Waals surface area contributed by atoms with Gasteiger partial charge in [-0.2, -0.15) is 0 Å². The van der Waals surface area contributed by atoms with Crippen LogP contribution in [0.2, 0.25) is 0 Å². The zero-order valence-corrected chi connectivity index (χ0v) is 13.2. The molecule has 0 aliphatic rings. The third-order valence-electron chi connectivity index (χ3n) is 3.91. The number of hydrogen-bond acceptors (Lipinski definition) is 4. The van der Waals surface area contributed by atoms with Gasteiger partial charge in [0.2, 0.25) is 0 Å². The minimum absolute atomic E-state index is 0.283. The topological polar surface area (TPSA) is 69.6 Å². The summed E-state index contributed by atoms with van der Waals surface area (Å²) in [4.78, 5) is 0. The Morgan fingerprint density at radius 3 is 2.76 bits per heavy atom. The Bertz CT molecular complexity index is 556. The lowest BCUT2D eigenvalue weighted by Gasteiger charge is -2.15. The number of benzene rings is 1. The molecule has 114 valence electrons. The van der Waals surface area contributed by atoms with E-state index < -0.39 is 0 Å². The van der Waals surface area contributed by atoms with Crippen molar-refractivity contribution in [1.82, 2.24) is 20.2 Å². The van der Waals surface area contributed by atoms with E-state index in [0.717, 1.165) is 29.1 Å².